The lowest BCUT2D eigenvalue weighted by Gasteiger charge is -2.03. The summed E-state index contributed by atoms with van der Waals surface area (Å²) in [7, 11) is 0. The van der Waals surface area contributed by atoms with Gasteiger partial charge in [-0.2, -0.15) is 0 Å². The number of nitrogens with two attached hydrogens (primary N) is 1. The van der Waals surface area contributed by atoms with Gasteiger partial charge in [0.25, 0.3) is 0 Å². The van der Waals surface area contributed by atoms with Crippen molar-refractivity contribution in [2.24, 2.45) is 0 Å². The maximum atomic E-state index is 5.62. The van der Waals surface area contributed by atoms with Crippen molar-refractivity contribution in [2.45, 2.75) is 0 Å². The topological polar surface area (TPSA) is 35.2 Å². The summed E-state index contributed by atoms with van der Waals surface area (Å²) in [5, 5.41) is 0. The third kappa shape index (κ3) is 1.19. The highest BCUT2D eigenvalue weighted by Crippen LogP contribution is 2.24. The molecule has 0 aliphatic carbocycles. The first kappa shape index (κ1) is 6.98. The molecule has 0 saturated heterocycles. The van der Waals surface area contributed by atoms with Gasteiger partial charge in [-0.1, -0.05) is 12.2 Å². The van der Waals surface area contributed by atoms with E-state index < -0.39 is 0 Å². The first-order chi connectivity index (χ1) is 5.86. The molecule has 2 N–H and O–H groups in total. The van der Waals surface area contributed by atoms with E-state index in [1.807, 2.05) is 36.4 Å². The number of rotatable bonds is 0. The minimum atomic E-state index is 0.754. The number of allylic oxidation sites excluding steroid dienone is 2. The van der Waals surface area contributed by atoms with Crippen LogP contribution in [0.3, 0.4) is 0 Å². The van der Waals surface area contributed by atoms with Crippen molar-refractivity contribution in [1.29, 1.82) is 0 Å². The van der Waals surface area contributed by atoms with Crippen molar-refractivity contribution in [1.82, 2.24) is 0 Å². The normalized spacial score (nSPS) is 13.3. The summed E-state index contributed by atoms with van der Waals surface area (Å²) in [4.78, 5) is 0. The molecule has 0 saturated carbocycles. The van der Waals surface area contributed by atoms with E-state index in [0.717, 1.165) is 17.0 Å². The second kappa shape index (κ2) is 2.74. The predicted octanol–water partition coefficient (Wildman–Crippen LogP) is 2.19. The van der Waals surface area contributed by atoms with E-state index in [0.29, 0.717) is 0 Å². The monoisotopic (exact) mass is 159 g/mol. The Labute approximate surface area is 71.0 Å². The molecule has 0 spiro atoms. The van der Waals surface area contributed by atoms with Gasteiger partial charge in [0.05, 0.1) is 6.26 Å². The third-order valence-corrected chi connectivity index (χ3v) is 1.69. The van der Waals surface area contributed by atoms with Gasteiger partial charge < -0.3 is 10.5 Å². The van der Waals surface area contributed by atoms with Gasteiger partial charge in [-0.05, 0) is 24.3 Å². The number of hydrogen-bond acceptors (Lipinski definition) is 2. The lowest BCUT2D eigenvalue weighted by molar-refractivity contribution is 0.481. The molecule has 0 amide bonds. The molecule has 1 aliphatic rings. The standard InChI is InChI=1S/C10H9NO/c11-9-4-5-10-8(7-9)3-1-2-6-12-10/h1-7H,11H2. The molecule has 0 aromatic heterocycles. The van der Waals surface area contributed by atoms with E-state index in [1.165, 1.54) is 0 Å². The van der Waals surface area contributed by atoms with Crippen LogP contribution in [0.1, 0.15) is 5.56 Å². The van der Waals surface area contributed by atoms with Gasteiger partial charge in [-0.3, -0.25) is 0 Å². The van der Waals surface area contributed by atoms with Crippen LogP contribution in [0.15, 0.2) is 36.6 Å². The molecule has 60 valence electrons. The van der Waals surface area contributed by atoms with Gasteiger partial charge in [0, 0.05) is 11.3 Å². The maximum absolute atomic E-state index is 5.62. The molecule has 1 aromatic carbocycles. The number of hydrogen-bond donors (Lipinski definition) is 1. The summed E-state index contributed by atoms with van der Waals surface area (Å²) >= 11 is 0. The van der Waals surface area contributed by atoms with E-state index in [-0.39, 0.29) is 0 Å². The molecule has 0 atom stereocenters. The molecule has 2 nitrogen and oxygen atoms in total. The van der Waals surface area contributed by atoms with Crippen LogP contribution in [0.4, 0.5) is 5.69 Å². The summed E-state index contributed by atoms with van der Waals surface area (Å²) in [6, 6.07) is 5.58. The van der Waals surface area contributed by atoms with Crippen LogP contribution < -0.4 is 10.5 Å². The van der Waals surface area contributed by atoms with Gasteiger partial charge >= 0.3 is 0 Å². The van der Waals surface area contributed by atoms with E-state index in [9.17, 15) is 0 Å². The first-order valence-electron chi connectivity index (χ1n) is 3.76. The Morgan fingerprint density at radius 3 is 3.00 bits per heavy atom. The Balaban J connectivity index is 2.53. The average molecular weight is 159 g/mol. The zero-order chi connectivity index (χ0) is 8.39. The van der Waals surface area contributed by atoms with Crippen LogP contribution in [-0.2, 0) is 0 Å². The molecule has 2 rings (SSSR count). The van der Waals surface area contributed by atoms with Crippen LogP contribution in [0.25, 0.3) is 6.08 Å². The van der Waals surface area contributed by atoms with Crippen molar-refractivity contribution in [3.8, 4) is 5.75 Å². The van der Waals surface area contributed by atoms with Crippen LogP contribution in [0.5, 0.6) is 5.75 Å². The highest BCUT2D eigenvalue weighted by Gasteiger charge is 2.00. The second-order valence-electron chi connectivity index (χ2n) is 2.60. The second-order valence-corrected chi connectivity index (χ2v) is 2.60. The van der Waals surface area contributed by atoms with Crippen LogP contribution in [-0.4, -0.2) is 0 Å². The number of fused-ring (bicyclic) bond motifs is 1. The molecule has 0 fully saturated rings. The summed E-state index contributed by atoms with van der Waals surface area (Å²) in [5.41, 5.74) is 7.39. The van der Waals surface area contributed by atoms with E-state index in [4.69, 9.17) is 10.5 Å². The molecule has 0 bridgehead atoms. The zero-order valence-electron chi connectivity index (χ0n) is 6.53. The van der Waals surface area contributed by atoms with E-state index >= 15 is 0 Å². The van der Waals surface area contributed by atoms with Crippen LogP contribution >= 0.6 is 0 Å². The minimum Gasteiger partial charge on any atom is -0.464 e. The molecule has 0 radical (unpaired) electrons. The summed E-state index contributed by atoms with van der Waals surface area (Å²) in [6.07, 6.45) is 7.38. The van der Waals surface area contributed by atoms with Crippen LogP contribution in [0, 0.1) is 0 Å². The quantitative estimate of drug-likeness (QED) is 0.589. The van der Waals surface area contributed by atoms with E-state index in [2.05, 4.69) is 0 Å². The predicted molar refractivity (Wildman–Crippen MR) is 49.7 cm³/mol. The highest BCUT2D eigenvalue weighted by molar-refractivity contribution is 5.64. The lowest BCUT2D eigenvalue weighted by atomic mass is 10.1. The first-order valence-corrected chi connectivity index (χ1v) is 3.76. The van der Waals surface area contributed by atoms with Crippen molar-refractivity contribution in [2.75, 3.05) is 5.73 Å². The minimum absolute atomic E-state index is 0.754. The van der Waals surface area contributed by atoms with Gasteiger partial charge in [-0.15, -0.1) is 0 Å². The number of nitrogen functional groups attached to an aromatic ring is 1. The van der Waals surface area contributed by atoms with Crippen molar-refractivity contribution >= 4 is 11.8 Å². The summed E-state index contributed by atoms with van der Waals surface area (Å²) in [6.45, 7) is 0. The van der Waals surface area contributed by atoms with Gasteiger partial charge in [0.1, 0.15) is 5.75 Å². The molecule has 0 unspecified atom stereocenters. The van der Waals surface area contributed by atoms with Gasteiger partial charge in [-0.25, -0.2) is 0 Å². The molecule has 12 heavy (non-hydrogen) atoms. The van der Waals surface area contributed by atoms with E-state index in [1.54, 1.807) is 6.26 Å². The fourth-order valence-corrected chi connectivity index (χ4v) is 1.12. The Morgan fingerprint density at radius 1 is 1.17 bits per heavy atom. The Kier molecular flexibility index (Phi) is 1.59. The number of ether oxygens (including phenoxy) is 1. The van der Waals surface area contributed by atoms with Crippen molar-refractivity contribution in [3.63, 3.8) is 0 Å². The van der Waals surface area contributed by atoms with Gasteiger partial charge in [0.15, 0.2) is 0 Å². The SMILES string of the molecule is Nc1ccc2c(c1)C=CC=CO2. The summed E-state index contributed by atoms with van der Waals surface area (Å²) < 4.78 is 5.30. The fraction of sp³-hybridized carbons (Fsp3) is 0. The van der Waals surface area contributed by atoms with Crippen molar-refractivity contribution in [3.05, 3.63) is 42.2 Å². The summed E-state index contributed by atoms with van der Waals surface area (Å²) in [5.74, 6) is 0.842. The van der Waals surface area contributed by atoms with Gasteiger partial charge in [0.2, 0.25) is 0 Å². The third-order valence-electron chi connectivity index (χ3n) is 1.69. The smallest absolute Gasteiger partial charge is 0.133 e. The van der Waals surface area contributed by atoms with Crippen LogP contribution in [0.2, 0.25) is 0 Å². The Hall–Kier alpha value is -1.70. The fourth-order valence-electron chi connectivity index (χ4n) is 1.12. The average Bonchev–Trinajstić information content (AvgIpc) is 2.28. The number of anilines is 1. The van der Waals surface area contributed by atoms with Crippen molar-refractivity contribution < 1.29 is 4.74 Å². The lowest BCUT2D eigenvalue weighted by Crippen LogP contribution is -1.88. The molecular weight excluding hydrogens is 150 g/mol. The molecule has 1 aromatic rings. The Bertz CT molecular complexity index is 353. The molecule has 1 aliphatic heterocycles. The molecular formula is C10H9NO. The largest absolute Gasteiger partial charge is 0.464 e. The zero-order valence-corrected chi connectivity index (χ0v) is 6.53. The Morgan fingerprint density at radius 2 is 2.08 bits per heavy atom. The molecule has 1 heterocycles. The number of benzene rings is 1. The molecule has 2 heteroatoms. The highest BCUT2D eigenvalue weighted by atomic mass is 16.5. The maximum Gasteiger partial charge on any atom is 0.133 e.